The van der Waals surface area contributed by atoms with Gasteiger partial charge in [0.25, 0.3) is 11.8 Å². The van der Waals surface area contributed by atoms with Crippen LogP contribution in [0, 0.1) is 0 Å². The van der Waals surface area contributed by atoms with Gasteiger partial charge in [-0.3, -0.25) is 25.3 Å². The summed E-state index contributed by atoms with van der Waals surface area (Å²) in [5.74, 6) is -0.718. The Morgan fingerprint density at radius 1 is 1.23 bits per heavy atom. The monoisotopic (exact) mass is 325 g/mol. The summed E-state index contributed by atoms with van der Waals surface area (Å²) in [4.78, 5) is 25.8. The Balaban J connectivity index is 1.80. The van der Waals surface area contributed by atoms with E-state index < -0.39 is 5.91 Å². The predicted molar refractivity (Wildman–Crippen MR) is 83.5 cm³/mol. The number of carbonyl (C=O) groups is 2. The molecule has 1 heterocycles. The van der Waals surface area contributed by atoms with E-state index in [1.165, 1.54) is 0 Å². The van der Waals surface area contributed by atoms with Gasteiger partial charge < -0.3 is 4.74 Å². The number of hydrogen-bond donors (Lipinski definition) is 2. The number of amides is 2. The van der Waals surface area contributed by atoms with Gasteiger partial charge in [0.1, 0.15) is 0 Å². The van der Waals surface area contributed by atoms with E-state index in [0.717, 1.165) is 0 Å². The molecule has 1 saturated heterocycles. The largest absolute Gasteiger partial charge is 0.373 e. The van der Waals surface area contributed by atoms with E-state index >= 15 is 0 Å². The molecule has 120 valence electrons. The molecule has 0 aromatic heterocycles. The average molecular weight is 326 g/mol. The molecule has 1 aromatic rings. The van der Waals surface area contributed by atoms with Crippen LogP contribution >= 0.6 is 11.6 Å². The van der Waals surface area contributed by atoms with Crippen molar-refractivity contribution < 1.29 is 14.3 Å². The molecule has 22 heavy (non-hydrogen) atoms. The fraction of sp³-hybridized carbons (Fsp3) is 0.467. The zero-order valence-corrected chi connectivity index (χ0v) is 13.4. The Bertz CT molecular complexity index is 543. The van der Waals surface area contributed by atoms with Crippen LogP contribution in [0.1, 0.15) is 24.2 Å². The lowest BCUT2D eigenvalue weighted by Crippen LogP contribution is -2.51. The summed E-state index contributed by atoms with van der Waals surface area (Å²) in [5, 5.41) is 0.338. The third-order valence-electron chi connectivity index (χ3n) is 3.30. The predicted octanol–water partition coefficient (Wildman–Crippen LogP) is 1.21. The lowest BCUT2D eigenvalue weighted by Gasteiger charge is -2.34. The molecule has 2 atom stereocenters. The number of halogens is 1. The molecular formula is C15H20ClN3O3. The van der Waals surface area contributed by atoms with Crippen LogP contribution in [-0.4, -0.2) is 48.6 Å². The van der Waals surface area contributed by atoms with Gasteiger partial charge >= 0.3 is 0 Å². The second-order valence-corrected chi connectivity index (χ2v) is 5.84. The molecule has 0 saturated carbocycles. The number of benzene rings is 1. The Kier molecular flexibility index (Phi) is 5.76. The lowest BCUT2D eigenvalue weighted by molar-refractivity contribution is -0.126. The van der Waals surface area contributed by atoms with E-state index in [-0.39, 0.29) is 24.7 Å². The zero-order valence-electron chi connectivity index (χ0n) is 12.6. The number of hydrazine groups is 1. The van der Waals surface area contributed by atoms with Crippen molar-refractivity contribution in [3.8, 4) is 0 Å². The highest BCUT2D eigenvalue weighted by Crippen LogP contribution is 2.14. The molecule has 1 aromatic carbocycles. The van der Waals surface area contributed by atoms with E-state index in [2.05, 4.69) is 10.9 Å². The number of nitrogens with zero attached hydrogens (tertiary/aromatic N) is 1. The summed E-state index contributed by atoms with van der Waals surface area (Å²) in [6.45, 7) is 5.53. The molecule has 1 aliphatic rings. The average Bonchev–Trinajstić information content (AvgIpc) is 2.44. The van der Waals surface area contributed by atoms with Crippen molar-refractivity contribution in [3.63, 3.8) is 0 Å². The highest BCUT2D eigenvalue weighted by molar-refractivity contribution is 6.33. The topological polar surface area (TPSA) is 70.7 Å². The van der Waals surface area contributed by atoms with E-state index in [1.54, 1.807) is 24.3 Å². The fourth-order valence-electron chi connectivity index (χ4n) is 2.50. The second kappa shape index (κ2) is 7.58. The Morgan fingerprint density at radius 2 is 1.86 bits per heavy atom. The molecule has 2 N–H and O–H groups in total. The third kappa shape index (κ3) is 4.69. The summed E-state index contributed by atoms with van der Waals surface area (Å²) >= 11 is 5.93. The normalized spacial score (nSPS) is 22.1. The van der Waals surface area contributed by atoms with E-state index in [0.29, 0.717) is 23.7 Å². The lowest BCUT2D eigenvalue weighted by atomic mass is 10.2. The third-order valence-corrected chi connectivity index (χ3v) is 3.63. The Labute approximate surface area is 134 Å². The number of carbonyl (C=O) groups excluding carboxylic acids is 2. The first-order chi connectivity index (χ1) is 10.5. The van der Waals surface area contributed by atoms with Crippen molar-refractivity contribution >= 4 is 23.4 Å². The van der Waals surface area contributed by atoms with Crippen molar-refractivity contribution in [3.05, 3.63) is 34.9 Å². The summed E-state index contributed by atoms with van der Waals surface area (Å²) in [7, 11) is 0. The first kappa shape index (κ1) is 16.7. The van der Waals surface area contributed by atoms with Crippen LogP contribution in [0.25, 0.3) is 0 Å². The molecule has 2 amide bonds. The minimum Gasteiger partial charge on any atom is -0.373 e. The van der Waals surface area contributed by atoms with Crippen LogP contribution < -0.4 is 10.9 Å². The standard InChI is InChI=1S/C15H20ClN3O3/c1-10-7-19(8-11(2)22-10)9-14(20)17-18-15(21)12-5-3-4-6-13(12)16/h3-6,10-11H,7-9H2,1-2H3,(H,17,20)(H,18,21)/t10-,11-/m0/s1. The highest BCUT2D eigenvalue weighted by Gasteiger charge is 2.23. The summed E-state index contributed by atoms with van der Waals surface area (Å²) in [5.41, 5.74) is 5.09. The minimum atomic E-state index is -0.442. The maximum absolute atomic E-state index is 11.9. The number of hydrogen-bond acceptors (Lipinski definition) is 4. The Hall–Kier alpha value is -1.63. The molecule has 0 unspecified atom stereocenters. The first-order valence-electron chi connectivity index (χ1n) is 7.17. The highest BCUT2D eigenvalue weighted by atomic mass is 35.5. The van der Waals surface area contributed by atoms with Crippen LogP contribution in [0.3, 0.4) is 0 Å². The van der Waals surface area contributed by atoms with Gasteiger partial charge in [-0.15, -0.1) is 0 Å². The number of ether oxygens (including phenoxy) is 1. The summed E-state index contributed by atoms with van der Waals surface area (Å²) in [6, 6.07) is 6.65. The number of rotatable bonds is 3. The molecule has 7 heteroatoms. The van der Waals surface area contributed by atoms with Gasteiger partial charge in [0, 0.05) is 13.1 Å². The van der Waals surface area contributed by atoms with Gasteiger partial charge in [0.05, 0.1) is 29.3 Å². The summed E-state index contributed by atoms with van der Waals surface area (Å²) in [6.07, 6.45) is 0.184. The van der Waals surface area contributed by atoms with Crippen LogP contribution in [-0.2, 0) is 9.53 Å². The van der Waals surface area contributed by atoms with Gasteiger partial charge in [0.15, 0.2) is 0 Å². The SMILES string of the molecule is C[C@H]1CN(CC(=O)NNC(=O)c2ccccc2Cl)C[C@H](C)O1. The molecule has 0 bridgehead atoms. The number of nitrogens with one attached hydrogen (secondary N) is 2. The van der Waals surface area contributed by atoms with Crippen LogP contribution in [0.2, 0.25) is 5.02 Å². The van der Waals surface area contributed by atoms with Crippen molar-refractivity contribution in [2.75, 3.05) is 19.6 Å². The van der Waals surface area contributed by atoms with E-state index in [4.69, 9.17) is 16.3 Å². The number of morpholine rings is 1. The van der Waals surface area contributed by atoms with Crippen molar-refractivity contribution in [2.45, 2.75) is 26.1 Å². The maximum atomic E-state index is 11.9. The summed E-state index contributed by atoms with van der Waals surface area (Å²) < 4.78 is 5.61. The van der Waals surface area contributed by atoms with Gasteiger partial charge in [-0.05, 0) is 26.0 Å². The quantitative estimate of drug-likeness (QED) is 0.820. The molecular weight excluding hydrogens is 306 g/mol. The fourth-order valence-corrected chi connectivity index (χ4v) is 2.72. The van der Waals surface area contributed by atoms with E-state index in [9.17, 15) is 9.59 Å². The molecule has 0 spiro atoms. The first-order valence-corrected chi connectivity index (χ1v) is 7.55. The van der Waals surface area contributed by atoms with Gasteiger partial charge in [0.2, 0.25) is 0 Å². The van der Waals surface area contributed by atoms with Crippen LogP contribution in [0.5, 0.6) is 0 Å². The van der Waals surface area contributed by atoms with Gasteiger partial charge in [-0.2, -0.15) is 0 Å². The van der Waals surface area contributed by atoms with Gasteiger partial charge in [-0.25, -0.2) is 0 Å². The van der Waals surface area contributed by atoms with Crippen LogP contribution in [0.4, 0.5) is 0 Å². The molecule has 1 aliphatic heterocycles. The second-order valence-electron chi connectivity index (χ2n) is 5.43. The van der Waals surface area contributed by atoms with Crippen LogP contribution in [0.15, 0.2) is 24.3 Å². The van der Waals surface area contributed by atoms with E-state index in [1.807, 2.05) is 18.7 Å². The molecule has 6 nitrogen and oxygen atoms in total. The van der Waals surface area contributed by atoms with Gasteiger partial charge in [-0.1, -0.05) is 23.7 Å². The molecule has 1 fully saturated rings. The minimum absolute atomic E-state index is 0.0919. The maximum Gasteiger partial charge on any atom is 0.271 e. The molecule has 2 rings (SSSR count). The smallest absolute Gasteiger partial charge is 0.271 e. The molecule has 0 aliphatic carbocycles. The van der Waals surface area contributed by atoms with Crippen molar-refractivity contribution in [1.82, 2.24) is 15.8 Å². The Morgan fingerprint density at radius 3 is 2.50 bits per heavy atom. The van der Waals surface area contributed by atoms with Crippen molar-refractivity contribution in [1.29, 1.82) is 0 Å². The molecule has 0 radical (unpaired) electrons. The zero-order chi connectivity index (χ0) is 16.1. The van der Waals surface area contributed by atoms with Crippen molar-refractivity contribution in [2.24, 2.45) is 0 Å².